The molecular weight excluding hydrogens is 797 g/mol. The van der Waals surface area contributed by atoms with Crippen molar-refractivity contribution in [2.24, 2.45) is 0 Å². The lowest BCUT2D eigenvalue weighted by Gasteiger charge is -2.25. The van der Waals surface area contributed by atoms with Crippen LogP contribution in [0, 0.1) is 13.8 Å². The number of ether oxygens (including phenoxy) is 2. The lowest BCUT2D eigenvalue weighted by Crippen LogP contribution is -2.13. The van der Waals surface area contributed by atoms with E-state index in [9.17, 15) is 51.9 Å². The van der Waals surface area contributed by atoms with Gasteiger partial charge in [-0.1, -0.05) is 48.5 Å². The van der Waals surface area contributed by atoms with Gasteiger partial charge in [-0.3, -0.25) is 18.2 Å². The Morgan fingerprint density at radius 2 is 0.964 bits per heavy atom. The average Bonchev–Trinajstić information content (AvgIpc) is 3.09. The molecule has 0 aromatic heterocycles. The molecule has 55 heavy (non-hydrogen) atoms. The van der Waals surface area contributed by atoms with Crippen molar-refractivity contribution in [1.82, 2.24) is 0 Å². The molecule has 0 fully saturated rings. The standard InChI is InChI=1S/C37H36O14S4/c1-22-9-12-28(52(38,39)40)20-26(22)16-24-10-13-29(32(18-24)50-3)37(31-7-5-6-8-34(31)53(41,42)43)30-14-11-25(19-33(30)51-4)17-27-21-36(55(47,48)49)35(15-23(27)2)54(44,45)46/h5-15,18-21,37H,16-17H2,1-4H3,(H,38,39,40)(H,41,42,43)(H,44,45,46)(H,47,48,49). The van der Waals surface area contributed by atoms with E-state index in [0.29, 0.717) is 33.6 Å². The molecule has 0 aliphatic heterocycles. The van der Waals surface area contributed by atoms with Crippen LogP contribution < -0.4 is 9.47 Å². The Kier molecular flexibility index (Phi) is 11.7. The molecule has 292 valence electrons. The maximum absolute atomic E-state index is 12.7. The highest BCUT2D eigenvalue weighted by atomic mass is 32.2. The van der Waals surface area contributed by atoms with Crippen LogP contribution in [0.15, 0.2) is 111 Å². The van der Waals surface area contributed by atoms with Crippen LogP contribution in [-0.4, -0.2) is 66.1 Å². The van der Waals surface area contributed by atoms with Crippen LogP contribution >= 0.6 is 0 Å². The Labute approximate surface area is 319 Å². The summed E-state index contributed by atoms with van der Waals surface area (Å²) in [4.78, 5) is -2.63. The highest BCUT2D eigenvalue weighted by molar-refractivity contribution is 7.89. The van der Waals surface area contributed by atoms with Crippen LogP contribution in [0.1, 0.15) is 56.0 Å². The van der Waals surface area contributed by atoms with Gasteiger partial charge in [-0.05, 0) is 108 Å². The molecule has 5 rings (SSSR count). The number of aryl methyl sites for hydroxylation is 2. The monoisotopic (exact) mass is 832 g/mol. The van der Waals surface area contributed by atoms with Crippen LogP contribution in [0.5, 0.6) is 11.5 Å². The maximum atomic E-state index is 12.7. The largest absolute Gasteiger partial charge is 0.496 e. The average molecular weight is 833 g/mol. The van der Waals surface area contributed by atoms with Crippen molar-refractivity contribution < 1.29 is 61.4 Å². The van der Waals surface area contributed by atoms with Crippen LogP contribution in [0.2, 0.25) is 0 Å². The molecule has 5 aromatic rings. The highest BCUT2D eigenvalue weighted by Crippen LogP contribution is 2.44. The minimum absolute atomic E-state index is 0.000754. The molecule has 14 nitrogen and oxygen atoms in total. The summed E-state index contributed by atoms with van der Waals surface area (Å²) >= 11 is 0. The minimum atomic E-state index is -5.07. The van der Waals surface area contributed by atoms with Crippen molar-refractivity contribution >= 4 is 40.5 Å². The van der Waals surface area contributed by atoms with Crippen molar-refractivity contribution in [3.05, 3.63) is 141 Å². The Hall–Kier alpha value is -4.66. The number of benzene rings is 5. The lowest BCUT2D eigenvalue weighted by molar-refractivity contribution is 0.401. The summed E-state index contributed by atoms with van der Waals surface area (Å²) in [6.45, 7) is 3.28. The van der Waals surface area contributed by atoms with Crippen LogP contribution in [0.3, 0.4) is 0 Å². The molecule has 0 heterocycles. The molecule has 4 N–H and O–H groups in total. The van der Waals surface area contributed by atoms with Crippen molar-refractivity contribution in [2.75, 3.05) is 14.2 Å². The first-order valence-electron chi connectivity index (χ1n) is 16.1. The van der Waals surface area contributed by atoms with Gasteiger partial charge >= 0.3 is 0 Å². The molecule has 1 atom stereocenters. The fourth-order valence-corrected chi connectivity index (χ4v) is 9.54. The highest BCUT2D eigenvalue weighted by Gasteiger charge is 2.30. The van der Waals surface area contributed by atoms with E-state index in [1.165, 1.54) is 51.5 Å². The van der Waals surface area contributed by atoms with Crippen LogP contribution in [-0.2, 0) is 53.3 Å². The van der Waals surface area contributed by atoms with E-state index in [-0.39, 0.29) is 45.1 Å². The normalized spacial score (nSPS) is 13.0. The number of rotatable bonds is 13. The third-order valence-corrected chi connectivity index (χ3v) is 12.8. The number of methoxy groups -OCH3 is 2. The lowest BCUT2D eigenvalue weighted by atomic mass is 9.82. The van der Waals surface area contributed by atoms with Crippen molar-refractivity contribution in [2.45, 2.75) is 52.2 Å². The van der Waals surface area contributed by atoms with Gasteiger partial charge in [0.15, 0.2) is 0 Å². The van der Waals surface area contributed by atoms with Gasteiger partial charge in [-0.25, -0.2) is 0 Å². The summed E-state index contributed by atoms with van der Waals surface area (Å²) in [7, 11) is -16.5. The Balaban J connectivity index is 1.67. The molecule has 18 heteroatoms. The van der Waals surface area contributed by atoms with Gasteiger partial charge in [0, 0.05) is 17.0 Å². The zero-order chi connectivity index (χ0) is 40.7. The SMILES string of the molecule is COc1cc(Cc2cc(S(=O)(=O)O)ccc2C)ccc1C(c1ccc(Cc2cc(S(=O)(=O)O)c(S(=O)(=O)O)cc2C)cc1OC)c1ccccc1S(=O)(=O)O. The molecule has 0 aliphatic rings. The van der Waals surface area contributed by atoms with Crippen LogP contribution in [0.25, 0.3) is 0 Å². The third kappa shape index (κ3) is 9.25. The van der Waals surface area contributed by atoms with E-state index in [4.69, 9.17) is 9.47 Å². The molecule has 0 radical (unpaired) electrons. The second-order valence-electron chi connectivity index (χ2n) is 12.7. The molecule has 0 aliphatic carbocycles. The zero-order valence-corrected chi connectivity index (χ0v) is 32.9. The van der Waals surface area contributed by atoms with Crippen molar-refractivity contribution in [1.29, 1.82) is 0 Å². The predicted molar refractivity (Wildman–Crippen MR) is 201 cm³/mol. The van der Waals surface area contributed by atoms with Crippen LogP contribution in [0.4, 0.5) is 0 Å². The van der Waals surface area contributed by atoms with Gasteiger partial charge in [-0.15, -0.1) is 0 Å². The Bertz CT molecular complexity index is 2760. The summed E-state index contributed by atoms with van der Waals surface area (Å²) in [5.41, 5.74) is 4.18. The van der Waals surface area contributed by atoms with E-state index in [1.807, 2.05) is 0 Å². The Morgan fingerprint density at radius 3 is 1.44 bits per heavy atom. The molecule has 0 spiro atoms. The van der Waals surface area contributed by atoms with E-state index in [1.54, 1.807) is 55.5 Å². The quantitative estimate of drug-likeness (QED) is 0.0827. The van der Waals surface area contributed by atoms with Crippen molar-refractivity contribution in [3.63, 3.8) is 0 Å². The number of hydrogen-bond donors (Lipinski definition) is 4. The summed E-state index contributed by atoms with van der Waals surface area (Å²) in [5, 5.41) is 0. The van der Waals surface area contributed by atoms with Gasteiger partial charge < -0.3 is 9.47 Å². The fourth-order valence-electron chi connectivity index (χ4n) is 6.40. The second kappa shape index (κ2) is 15.5. The van der Waals surface area contributed by atoms with Crippen molar-refractivity contribution in [3.8, 4) is 11.5 Å². The second-order valence-corrected chi connectivity index (χ2v) is 18.3. The van der Waals surface area contributed by atoms with Gasteiger partial charge in [0.1, 0.15) is 21.3 Å². The fraction of sp³-hybridized carbons (Fsp3) is 0.189. The topological polar surface area (TPSA) is 236 Å². The first kappa shape index (κ1) is 41.5. The summed E-state index contributed by atoms with van der Waals surface area (Å²) < 4.78 is 148. The number of hydrogen-bond acceptors (Lipinski definition) is 10. The smallest absolute Gasteiger partial charge is 0.295 e. The third-order valence-electron chi connectivity index (χ3n) is 9.09. The molecule has 0 saturated heterocycles. The molecule has 0 bridgehead atoms. The molecule has 5 aromatic carbocycles. The molecule has 0 saturated carbocycles. The van der Waals surface area contributed by atoms with E-state index in [2.05, 4.69) is 0 Å². The molecule has 0 amide bonds. The first-order valence-corrected chi connectivity index (χ1v) is 21.8. The first-order chi connectivity index (χ1) is 25.5. The van der Waals surface area contributed by atoms with Gasteiger partial charge in [0.2, 0.25) is 0 Å². The summed E-state index contributed by atoms with van der Waals surface area (Å²) in [6.07, 6.45) is 0.235. The molecule has 1 unspecified atom stereocenters. The maximum Gasteiger partial charge on any atom is 0.295 e. The predicted octanol–water partition coefficient (Wildman–Crippen LogP) is 5.67. The zero-order valence-electron chi connectivity index (χ0n) is 29.7. The van der Waals surface area contributed by atoms with Gasteiger partial charge in [0.05, 0.1) is 24.0 Å². The molecular formula is C37H36O14S4. The van der Waals surface area contributed by atoms with E-state index >= 15 is 0 Å². The van der Waals surface area contributed by atoms with E-state index in [0.717, 1.165) is 17.7 Å². The Morgan fingerprint density at radius 1 is 0.491 bits per heavy atom. The van der Waals surface area contributed by atoms with E-state index < -0.39 is 56.2 Å². The summed E-state index contributed by atoms with van der Waals surface area (Å²) in [5.74, 6) is -0.425. The van der Waals surface area contributed by atoms with Gasteiger partial charge in [-0.2, -0.15) is 33.7 Å². The van der Waals surface area contributed by atoms with Gasteiger partial charge in [0.25, 0.3) is 40.5 Å². The summed E-state index contributed by atoms with van der Waals surface area (Å²) in [6, 6.07) is 22.0. The minimum Gasteiger partial charge on any atom is -0.496 e.